The molecule has 152 valence electrons. The Bertz CT molecular complexity index is 692. The number of aliphatic hydroxyl groups is 1. The van der Waals surface area contributed by atoms with Gasteiger partial charge < -0.3 is 14.9 Å². The largest absolute Gasteiger partial charge is 0.478 e. The van der Waals surface area contributed by atoms with Crippen LogP contribution in [0.2, 0.25) is 0 Å². The van der Waals surface area contributed by atoms with Crippen molar-refractivity contribution in [3.63, 3.8) is 0 Å². The Kier molecular flexibility index (Phi) is 9.56. The highest BCUT2D eigenvalue weighted by Gasteiger charge is 2.07. The van der Waals surface area contributed by atoms with Gasteiger partial charge in [0.1, 0.15) is 5.75 Å². The van der Waals surface area contributed by atoms with E-state index >= 15 is 0 Å². The van der Waals surface area contributed by atoms with Gasteiger partial charge in [-0.2, -0.15) is 0 Å². The molecule has 0 saturated carbocycles. The lowest BCUT2D eigenvalue weighted by Gasteiger charge is -2.14. The first-order chi connectivity index (χ1) is 13.6. The predicted octanol–water partition coefficient (Wildman–Crippen LogP) is 6.28. The van der Waals surface area contributed by atoms with Gasteiger partial charge >= 0.3 is 5.97 Å². The molecule has 2 aromatic carbocycles. The van der Waals surface area contributed by atoms with E-state index in [9.17, 15) is 9.90 Å². The Balaban J connectivity index is 1.70. The first-order valence-electron chi connectivity index (χ1n) is 10.4. The molecule has 0 saturated heterocycles. The van der Waals surface area contributed by atoms with E-state index in [0.29, 0.717) is 12.2 Å². The number of hydrogen-bond donors (Lipinski definition) is 2. The molecule has 0 radical (unpaired) electrons. The van der Waals surface area contributed by atoms with Gasteiger partial charge in [0.2, 0.25) is 0 Å². The number of aromatic carboxylic acids is 1. The molecule has 28 heavy (non-hydrogen) atoms. The van der Waals surface area contributed by atoms with Gasteiger partial charge in [0, 0.05) is 6.42 Å². The van der Waals surface area contributed by atoms with Crippen LogP contribution in [0.4, 0.5) is 0 Å². The molecule has 0 aliphatic rings. The maximum absolute atomic E-state index is 10.9. The lowest BCUT2D eigenvalue weighted by molar-refractivity contribution is -0.0246. The highest BCUT2D eigenvalue weighted by atomic mass is 16.6. The van der Waals surface area contributed by atoms with E-state index in [1.807, 2.05) is 24.3 Å². The molecule has 4 nitrogen and oxygen atoms in total. The highest BCUT2D eigenvalue weighted by Crippen LogP contribution is 2.24. The fourth-order valence-corrected chi connectivity index (χ4v) is 3.20. The van der Waals surface area contributed by atoms with Crippen molar-refractivity contribution >= 4 is 5.97 Å². The molecule has 0 aliphatic carbocycles. The van der Waals surface area contributed by atoms with Gasteiger partial charge in [-0.05, 0) is 41.8 Å². The van der Waals surface area contributed by atoms with Crippen molar-refractivity contribution in [1.29, 1.82) is 0 Å². The summed E-state index contributed by atoms with van der Waals surface area (Å²) in [5.74, 6) is -0.293. The van der Waals surface area contributed by atoms with Crippen molar-refractivity contribution in [2.45, 2.75) is 71.0 Å². The molecule has 1 atom stereocenters. The number of ether oxygens (including phenoxy) is 1. The van der Waals surface area contributed by atoms with E-state index in [0.717, 1.165) is 24.0 Å². The summed E-state index contributed by atoms with van der Waals surface area (Å²) >= 11 is 0. The Morgan fingerprint density at radius 2 is 1.32 bits per heavy atom. The molecule has 4 heteroatoms. The number of carboxylic acids is 1. The molecule has 0 aliphatic heterocycles. The normalized spacial score (nSPS) is 11.9. The molecule has 0 aromatic heterocycles. The number of carbonyl (C=O) groups is 1. The Morgan fingerprint density at radius 1 is 0.821 bits per heavy atom. The number of hydrogen-bond acceptors (Lipinski definition) is 3. The van der Waals surface area contributed by atoms with Crippen molar-refractivity contribution in [2.75, 3.05) is 0 Å². The third kappa shape index (κ3) is 7.73. The second kappa shape index (κ2) is 12.2. The van der Waals surface area contributed by atoms with E-state index < -0.39 is 12.3 Å². The van der Waals surface area contributed by atoms with Gasteiger partial charge in [-0.15, -0.1) is 0 Å². The van der Waals surface area contributed by atoms with E-state index in [2.05, 4.69) is 6.92 Å². The minimum absolute atomic E-state index is 0.271. The molecule has 0 spiro atoms. The molecule has 2 aromatic rings. The van der Waals surface area contributed by atoms with E-state index in [1.54, 1.807) is 24.3 Å². The molecule has 1 unspecified atom stereocenters. The zero-order chi connectivity index (χ0) is 20.2. The van der Waals surface area contributed by atoms with Crippen LogP contribution in [0.1, 0.15) is 75.1 Å². The topological polar surface area (TPSA) is 66.8 Å². The summed E-state index contributed by atoms with van der Waals surface area (Å²) in [4.78, 5) is 10.9. The molecular formula is C24H32O4. The molecule has 0 amide bonds. The van der Waals surface area contributed by atoms with Crippen LogP contribution in [-0.4, -0.2) is 22.5 Å². The van der Waals surface area contributed by atoms with Crippen molar-refractivity contribution < 1.29 is 19.7 Å². The summed E-state index contributed by atoms with van der Waals surface area (Å²) in [5.41, 5.74) is 2.19. The summed E-state index contributed by atoms with van der Waals surface area (Å²) < 4.78 is 5.59. The minimum Gasteiger partial charge on any atom is -0.478 e. The van der Waals surface area contributed by atoms with Crippen molar-refractivity contribution in [3.8, 4) is 16.9 Å². The Labute approximate surface area is 168 Å². The van der Waals surface area contributed by atoms with Crippen LogP contribution in [0.25, 0.3) is 11.1 Å². The third-order valence-corrected chi connectivity index (χ3v) is 4.90. The number of aliphatic hydroxyl groups excluding tert-OH is 1. The third-order valence-electron chi connectivity index (χ3n) is 4.90. The molecular weight excluding hydrogens is 352 g/mol. The standard InChI is InChI=1S/C24H32O4/c1-2-3-4-5-6-7-8-9-10-23(25)28-22-17-15-20(16-18-22)19-11-13-21(14-12-19)24(26)27/h11-18,23,25H,2-10H2,1H3,(H,26,27). The average Bonchev–Trinajstić information content (AvgIpc) is 2.70. The molecule has 0 fully saturated rings. The first kappa shape index (κ1) is 22.0. The fraction of sp³-hybridized carbons (Fsp3) is 0.458. The van der Waals surface area contributed by atoms with Gasteiger partial charge in [0.15, 0.2) is 6.29 Å². The van der Waals surface area contributed by atoms with Gasteiger partial charge in [-0.3, -0.25) is 0 Å². The first-order valence-corrected chi connectivity index (χ1v) is 10.4. The average molecular weight is 385 g/mol. The maximum Gasteiger partial charge on any atom is 0.335 e. The molecule has 0 bridgehead atoms. The van der Waals surface area contributed by atoms with Crippen molar-refractivity contribution in [3.05, 3.63) is 54.1 Å². The van der Waals surface area contributed by atoms with Crippen LogP contribution in [0.5, 0.6) is 5.75 Å². The van der Waals surface area contributed by atoms with Crippen molar-refractivity contribution in [1.82, 2.24) is 0 Å². The maximum atomic E-state index is 10.9. The van der Waals surface area contributed by atoms with Crippen LogP contribution >= 0.6 is 0 Å². The zero-order valence-electron chi connectivity index (χ0n) is 16.8. The fourth-order valence-electron chi connectivity index (χ4n) is 3.20. The van der Waals surface area contributed by atoms with Gasteiger partial charge in [0.25, 0.3) is 0 Å². The second-order valence-corrected chi connectivity index (χ2v) is 7.24. The molecule has 0 heterocycles. The number of carboxylic acid groups (broad SMARTS) is 1. The predicted molar refractivity (Wildman–Crippen MR) is 113 cm³/mol. The quantitative estimate of drug-likeness (QED) is 0.315. The lowest BCUT2D eigenvalue weighted by atomic mass is 10.0. The zero-order valence-corrected chi connectivity index (χ0v) is 16.8. The van der Waals surface area contributed by atoms with Crippen LogP contribution < -0.4 is 4.74 Å². The van der Waals surface area contributed by atoms with Crippen molar-refractivity contribution in [2.24, 2.45) is 0 Å². The lowest BCUT2D eigenvalue weighted by Crippen LogP contribution is -2.15. The highest BCUT2D eigenvalue weighted by molar-refractivity contribution is 5.88. The summed E-state index contributed by atoms with van der Waals surface area (Å²) in [5, 5.41) is 19.0. The van der Waals surface area contributed by atoms with E-state index in [4.69, 9.17) is 9.84 Å². The second-order valence-electron chi connectivity index (χ2n) is 7.24. The van der Waals surface area contributed by atoms with Crippen LogP contribution in [-0.2, 0) is 0 Å². The van der Waals surface area contributed by atoms with Crippen LogP contribution in [0, 0.1) is 0 Å². The van der Waals surface area contributed by atoms with Crippen LogP contribution in [0.15, 0.2) is 48.5 Å². The molecule has 2 N–H and O–H groups in total. The van der Waals surface area contributed by atoms with Gasteiger partial charge in [-0.1, -0.05) is 76.1 Å². The summed E-state index contributed by atoms with van der Waals surface area (Å²) in [6, 6.07) is 14.2. The molecule has 2 rings (SSSR count). The Morgan fingerprint density at radius 3 is 1.86 bits per heavy atom. The van der Waals surface area contributed by atoms with E-state index in [1.165, 1.54) is 38.5 Å². The van der Waals surface area contributed by atoms with Crippen LogP contribution in [0.3, 0.4) is 0 Å². The Hall–Kier alpha value is -2.33. The van der Waals surface area contributed by atoms with Gasteiger partial charge in [-0.25, -0.2) is 4.79 Å². The monoisotopic (exact) mass is 384 g/mol. The SMILES string of the molecule is CCCCCCCCCCC(O)Oc1ccc(-c2ccc(C(=O)O)cc2)cc1. The smallest absolute Gasteiger partial charge is 0.335 e. The summed E-state index contributed by atoms with van der Waals surface area (Å²) in [6.07, 6.45) is 9.76. The van der Waals surface area contributed by atoms with Gasteiger partial charge in [0.05, 0.1) is 5.56 Å². The minimum atomic E-state index is -0.930. The number of benzene rings is 2. The summed E-state index contributed by atoms with van der Waals surface area (Å²) in [7, 11) is 0. The number of rotatable bonds is 13. The van der Waals surface area contributed by atoms with E-state index in [-0.39, 0.29) is 5.56 Å². The summed E-state index contributed by atoms with van der Waals surface area (Å²) in [6.45, 7) is 2.23. The number of unbranched alkanes of at least 4 members (excludes halogenated alkanes) is 7.